The van der Waals surface area contributed by atoms with E-state index in [9.17, 15) is 9.59 Å². The van der Waals surface area contributed by atoms with Gasteiger partial charge < -0.3 is 14.2 Å². The van der Waals surface area contributed by atoms with Crippen LogP contribution in [0.25, 0.3) is 0 Å². The lowest BCUT2D eigenvalue weighted by Gasteiger charge is -2.37. The summed E-state index contributed by atoms with van der Waals surface area (Å²) in [6, 6.07) is 0. The molecule has 2 fully saturated rings. The van der Waals surface area contributed by atoms with Crippen molar-refractivity contribution < 1.29 is 23.8 Å². The summed E-state index contributed by atoms with van der Waals surface area (Å²) in [7, 11) is 0. The monoisotopic (exact) mass is 330 g/mol. The zero-order chi connectivity index (χ0) is 16.3. The second-order valence-electron chi connectivity index (χ2n) is 6.64. The maximum absolute atomic E-state index is 12.3. The van der Waals surface area contributed by atoms with Crippen LogP contribution in [-0.2, 0) is 23.8 Å². The van der Waals surface area contributed by atoms with Crippen LogP contribution in [0, 0.1) is 17.8 Å². The molecule has 0 bridgehead atoms. The van der Waals surface area contributed by atoms with Crippen molar-refractivity contribution in [3.8, 4) is 0 Å². The Morgan fingerprint density at radius 3 is 2.59 bits per heavy atom. The average Bonchev–Trinajstić information content (AvgIpc) is 2.86. The summed E-state index contributed by atoms with van der Waals surface area (Å²) in [5.74, 6) is 1.21. The molecule has 0 spiro atoms. The van der Waals surface area contributed by atoms with Gasteiger partial charge in [-0.25, -0.2) is 4.79 Å². The maximum Gasteiger partial charge on any atom is 0.346 e. The van der Waals surface area contributed by atoms with Gasteiger partial charge in [-0.1, -0.05) is 27.2 Å². The van der Waals surface area contributed by atoms with Crippen molar-refractivity contribution in [1.29, 1.82) is 0 Å². The zero-order valence-corrected chi connectivity index (χ0v) is 14.6. The third kappa shape index (κ3) is 4.62. The van der Waals surface area contributed by atoms with Gasteiger partial charge in [0.05, 0.1) is 5.75 Å². The number of carbonyl (C=O) groups excluding carboxylic acids is 2. The van der Waals surface area contributed by atoms with Crippen LogP contribution in [-0.4, -0.2) is 35.5 Å². The van der Waals surface area contributed by atoms with Crippen LogP contribution < -0.4 is 0 Å². The number of hydrogen-bond acceptors (Lipinski definition) is 6. The lowest BCUT2D eigenvalue weighted by Crippen LogP contribution is -2.38. The van der Waals surface area contributed by atoms with E-state index in [2.05, 4.69) is 20.8 Å². The van der Waals surface area contributed by atoms with Crippen molar-refractivity contribution in [1.82, 2.24) is 0 Å². The Bertz CT molecular complexity index is 411. The van der Waals surface area contributed by atoms with E-state index in [1.54, 1.807) is 0 Å². The predicted octanol–water partition coefficient (Wildman–Crippen LogP) is 2.97. The minimum absolute atomic E-state index is 0.0341. The van der Waals surface area contributed by atoms with Gasteiger partial charge in [0.1, 0.15) is 6.10 Å². The smallest absolute Gasteiger partial charge is 0.346 e. The van der Waals surface area contributed by atoms with Crippen LogP contribution in [0.3, 0.4) is 0 Å². The van der Waals surface area contributed by atoms with Crippen molar-refractivity contribution in [2.45, 2.75) is 64.8 Å². The van der Waals surface area contributed by atoms with E-state index in [0.717, 1.165) is 12.8 Å². The summed E-state index contributed by atoms with van der Waals surface area (Å²) >= 11 is 1.33. The summed E-state index contributed by atoms with van der Waals surface area (Å²) in [6.45, 7) is 7.89. The third-order valence-corrected chi connectivity index (χ3v) is 5.45. The van der Waals surface area contributed by atoms with Gasteiger partial charge in [0, 0.05) is 6.92 Å². The topological polar surface area (TPSA) is 61.8 Å². The Balaban J connectivity index is 1.88. The van der Waals surface area contributed by atoms with Crippen LogP contribution >= 0.6 is 11.8 Å². The normalized spacial score (nSPS) is 35.4. The molecule has 1 aliphatic carbocycles. The first-order chi connectivity index (χ1) is 10.4. The molecule has 0 radical (unpaired) electrons. The van der Waals surface area contributed by atoms with Gasteiger partial charge in [0.2, 0.25) is 11.7 Å². The SMILES string of the molecule is CC(=O)O[C@@H]1CSC(C(=O)O[C@@H]2C[C@H](C)CC[C@H]2C(C)C)O1. The lowest BCUT2D eigenvalue weighted by atomic mass is 9.75. The van der Waals surface area contributed by atoms with Crippen molar-refractivity contribution in [2.24, 2.45) is 17.8 Å². The summed E-state index contributed by atoms with van der Waals surface area (Å²) in [5, 5.41) is 0. The minimum atomic E-state index is -0.686. The second kappa shape index (κ2) is 7.68. The van der Waals surface area contributed by atoms with Crippen LogP contribution in [0.2, 0.25) is 0 Å². The average molecular weight is 330 g/mol. The molecule has 0 aromatic carbocycles. The summed E-state index contributed by atoms with van der Waals surface area (Å²) in [6.07, 6.45) is 2.53. The highest BCUT2D eigenvalue weighted by Gasteiger charge is 2.39. The molecule has 1 saturated heterocycles. The Kier molecular flexibility index (Phi) is 6.15. The number of esters is 2. The van der Waals surface area contributed by atoms with Crippen molar-refractivity contribution in [3.63, 3.8) is 0 Å². The number of hydrogen-bond donors (Lipinski definition) is 0. The van der Waals surface area contributed by atoms with Crippen LogP contribution in [0.1, 0.15) is 47.0 Å². The zero-order valence-electron chi connectivity index (χ0n) is 13.7. The van der Waals surface area contributed by atoms with Gasteiger partial charge in [0.15, 0.2) is 0 Å². The number of thioether (sulfide) groups is 1. The molecule has 0 amide bonds. The molecule has 2 rings (SSSR count). The largest absolute Gasteiger partial charge is 0.459 e. The fraction of sp³-hybridized carbons (Fsp3) is 0.875. The van der Waals surface area contributed by atoms with E-state index in [0.29, 0.717) is 23.5 Å². The second-order valence-corrected chi connectivity index (χ2v) is 7.74. The van der Waals surface area contributed by atoms with E-state index in [4.69, 9.17) is 14.2 Å². The van der Waals surface area contributed by atoms with Crippen LogP contribution in [0.4, 0.5) is 0 Å². The molecule has 0 N–H and O–H groups in total. The van der Waals surface area contributed by atoms with Gasteiger partial charge in [-0.3, -0.25) is 4.79 Å². The molecule has 1 saturated carbocycles. The van der Waals surface area contributed by atoms with Crippen LogP contribution in [0.15, 0.2) is 0 Å². The molecule has 2 aliphatic rings. The number of carbonyl (C=O) groups is 2. The molecular formula is C16H26O5S. The molecule has 5 atom stereocenters. The summed E-state index contributed by atoms with van der Waals surface area (Å²) < 4.78 is 16.2. The molecule has 1 unspecified atom stereocenters. The maximum atomic E-state index is 12.3. The van der Waals surface area contributed by atoms with E-state index >= 15 is 0 Å². The number of ether oxygens (including phenoxy) is 3. The molecule has 5 nitrogen and oxygen atoms in total. The molecular weight excluding hydrogens is 304 g/mol. The molecule has 126 valence electrons. The quantitative estimate of drug-likeness (QED) is 0.739. The predicted molar refractivity (Wildman–Crippen MR) is 84.1 cm³/mol. The fourth-order valence-electron chi connectivity index (χ4n) is 3.21. The van der Waals surface area contributed by atoms with Crippen molar-refractivity contribution in [3.05, 3.63) is 0 Å². The summed E-state index contributed by atoms with van der Waals surface area (Å²) in [4.78, 5) is 23.2. The fourth-order valence-corrected chi connectivity index (χ4v) is 4.08. The molecule has 1 heterocycles. The molecule has 1 aliphatic heterocycles. The van der Waals surface area contributed by atoms with Crippen molar-refractivity contribution in [2.75, 3.05) is 5.75 Å². The van der Waals surface area contributed by atoms with Crippen LogP contribution in [0.5, 0.6) is 0 Å². The third-order valence-electron chi connectivity index (χ3n) is 4.38. The van der Waals surface area contributed by atoms with Gasteiger partial charge in [-0.15, -0.1) is 11.8 Å². The Morgan fingerprint density at radius 1 is 1.23 bits per heavy atom. The van der Waals surface area contributed by atoms with Gasteiger partial charge in [-0.05, 0) is 30.6 Å². The Labute approximate surface area is 136 Å². The van der Waals surface area contributed by atoms with E-state index < -0.39 is 17.7 Å². The molecule has 6 heteroatoms. The van der Waals surface area contributed by atoms with Gasteiger partial charge in [0.25, 0.3) is 0 Å². The first-order valence-corrected chi connectivity index (χ1v) is 9.06. The van der Waals surface area contributed by atoms with Crippen molar-refractivity contribution >= 4 is 23.7 Å². The first kappa shape index (κ1) is 17.6. The molecule has 0 aromatic rings. The lowest BCUT2D eigenvalue weighted by molar-refractivity contribution is -0.185. The minimum Gasteiger partial charge on any atom is -0.459 e. The van der Waals surface area contributed by atoms with E-state index in [1.165, 1.54) is 25.1 Å². The molecule has 22 heavy (non-hydrogen) atoms. The Morgan fingerprint density at radius 2 is 1.95 bits per heavy atom. The van der Waals surface area contributed by atoms with Gasteiger partial charge in [-0.2, -0.15) is 0 Å². The standard InChI is InChI=1S/C16H26O5S/c1-9(2)12-6-5-10(3)7-13(12)20-15(18)16-21-14(8-22-16)19-11(4)17/h9-10,12-14,16H,5-8H2,1-4H3/t10-,12+,13-,14+,16?/m1/s1. The number of rotatable bonds is 4. The summed E-state index contributed by atoms with van der Waals surface area (Å²) in [5.41, 5.74) is -0.686. The Hall–Kier alpha value is -0.750. The first-order valence-electron chi connectivity index (χ1n) is 8.01. The highest BCUT2D eigenvalue weighted by Crippen LogP contribution is 2.36. The highest BCUT2D eigenvalue weighted by molar-refractivity contribution is 8.00. The molecule has 0 aromatic heterocycles. The van der Waals surface area contributed by atoms with Gasteiger partial charge >= 0.3 is 11.9 Å². The van der Waals surface area contributed by atoms with E-state index in [1.807, 2.05) is 0 Å². The van der Waals surface area contributed by atoms with E-state index in [-0.39, 0.29) is 12.1 Å². The highest BCUT2D eigenvalue weighted by atomic mass is 32.2.